The molecule has 0 bridgehead atoms. The highest BCUT2D eigenvalue weighted by atomic mass is 16.6. The molecule has 0 N–H and O–H groups in total. The molecule has 3 rings (SSSR count). The summed E-state index contributed by atoms with van der Waals surface area (Å²) < 4.78 is 1.91. The fourth-order valence-corrected chi connectivity index (χ4v) is 2.71. The molecule has 0 aliphatic rings. The third-order valence-corrected chi connectivity index (χ3v) is 3.91. The Hall–Kier alpha value is -3.72. The Labute approximate surface area is 143 Å². The molecule has 0 aliphatic carbocycles. The molecular weight excluding hydrogens is 318 g/mol. The summed E-state index contributed by atoms with van der Waals surface area (Å²) in [4.78, 5) is 22.9. The lowest BCUT2D eigenvalue weighted by Crippen LogP contribution is -2.02. The number of fused-ring (bicyclic) bond motifs is 1. The van der Waals surface area contributed by atoms with Crippen LogP contribution in [0.4, 0.5) is 5.69 Å². The topological polar surface area (TPSA) is 88.9 Å². The predicted octanol–water partition coefficient (Wildman–Crippen LogP) is 3.88. The molecule has 6 nitrogen and oxygen atoms in total. The number of nitro groups is 1. The summed E-state index contributed by atoms with van der Waals surface area (Å²) in [6.07, 6.45) is 3.35. The Bertz CT molecular complexity index is 1070. The van der Waals surface area contributed by atoms with Crippen molar-refractivity contribution in [2.45, 2.75) is 0 Å². The largest absolute Gasteiger partial charge is 0.350 e. The highest BCUT2D eigenvalue weighted by Crippen LogP contribution is 2.24. The Morgan fingerprint density at radius 2 is 2.00 bits per heavy atom. The molecular formula is C19H13N3O3. The molecule has 0 spiro atoms. The van der Waals surface area contributed by atoms with Crippen LogP contribution in [0.5, 0.6) is 0 Å². The van der Waals surface area contributed by atoms with Gasteiger partial charge in [-0.05, 0) is 12.1 Å². The molecule has 2 aromatic carbocycles. The number of carbonyl (C=O) groups is 1. The second kappa shape index (κ2) is 6.42. The highest BCUT2D eigenvalue weighted by molar-refractivity contribution is 6.15. The minimum atomic E-state index is -0.572. The lowest BCUT2D eigenvalue weighted by atomic mass is 10.0. The van der Waals surface area contributed by atoms with Crippen molar-refractivity contribution in [3.8, 4) is 6.07 Å². The van der Waals surface area contributed by atoms with E-state index in [0.717, 1.165) is 16.5 Å². The lowest BCUT2D eigenvalue weighted by Gasteiger charge is -2.00. The van der Waals surface area contributed by atoms with E-state index in [-0.39, 0.29) is 16.8 Å². The van der Waals surface area contributed by atoms with E-state index in [4.69, 9.17) is 0 Å². The molecule has 122 valence electrons. The van der Waals surface area contributed by atoms with E-state index in [1.807, 2.05) is 48.1 Å². The van der Waals surface area contributed by atoms with Crippen LogP contribution in [0.15, 0.2) is 60.3 Å². The molecule has 0 fully saturated rings. The number of nitriles is 1. The number of hydrogen-bond donors (Lipinski definition) is 0. The summed E-state index contributed by atoms with van der Waals surface area (Å²) in [6, 6.07) is 14.9. The number of aryl methyl sites for hydroxylation is 1. The maximum absolute atomic E-state index is 12.6. The van der Waals surface area contributed by atoms with Crippen LogP contribution in [0.1, 0.15) is 15.9 Å². The molecule has 1 heterocycles. The second-order valence-corrected chi connectivity index (χ2v) is 5.52. The maximum Gasteiger partial charge on any atom is 0.270 e. The van der Waals surface area contributed by atoms with Crippen LogP contribution < -0.4 is 0 Å². The van der Waals surface area contributed by atoms with Gasteiger partial charge in [0.25, 0.3) is 5.69 Å². The Morgan fingerprint density at radius 1 is 1.24 bits per heavy atom. The van der Waals surface area contributed by atoms with Gasteiger partial charge in [-0.3, -0.25) is 14.9 Å². The number of para-hydroxylation sites is 1. The molecule has 25 heavy (non-hydrogen) atoms. The zero-order valence-electron chi connectivity index (χ0n) is 13.3. The number of Topliss-reactive ketones (excluding diaryl/α,β-unsaturated/α-hetero) is 1. The molecule has 0 aliphatic heterocycles. The Morgan fingerprint density at radius 3 is 2.72 bits per heavy atom. The van der Waals surface area contributed by atoms with Crippen molar-refractivity contribution in [1.29, 1.82) is 5.26 Å². The molecule has 0 amide bonds. The monoisotopic (exact) mass is 331 g/mol. The minimum absolute atomic E-state index is 0.0724. The number of allylic oxidation sites excluding steroid dienone is 1. The molecule has 0 radical (unpaired) electrons. The summed E-state index contributed by atoms with van der Waals surface area (Å²) in [6.45, 7) is 0. The number of nitro benzene ring substituents is 1. The van der Waals surface area contributed by atoms with E-state index in [0.29, 0.717) is 0 Å². The molecule has 6 heteroatoms. The van der Waals surface area contributed by atoms with E-state index >= 15 is 0 Å². The zero-order chi connectivity index (χ0) is 18.0. The fourth-order valence-electron chi connectivity index (χ4n) is 2.71. The molecule has 0 saturated heterocycles. The third kappa shape index (κ3) is 3.03. The first kappa shape index (κ1) is 16.1. The van der Waals surface area contributed by atoms with Gasteiger partial charge in [0.1, 0.15) is 11.6 Å². The van der Waals surface area contributed by atoms with Crippen molar-refractivity contribution in [2.75, 3.05) is 0 Å². The predicted molar refractivity (Wildman–Crippen MR) is 93.9 cm³/mol. The summed E-state index contributed by atoms with van der Waals surface area (Å²) in [5, 5.41) is 21.2. The van der Waals surface area contributed by atoms with Crippen LogP contribution in [-0.2, 0) is 7.05 Å². The molecule has 1 aromatic heterocycles. The Balaban J connectivity index is 2.06. The van der Waals surface area contributed by atoms with Gasteiger partial charge in [-0.15, -0.1) is 0 Å². The normalized spacial score (nSPS) is 11.3. The average molecular weight is 331 g/mol. The lowest BCUT2D eigenvalue weighted by molar-refractivity contribution is -0.384. The number of hydrogen-bond acceptors (Lipinski definition) is 4. The number of nitrogens with zero attached hydrogens (tertiary/aromatic N) is 3. The van der Waals surface area contributed by atoms with E-state index in [9.17, 15) is 20.2 Å². The number of aromatic nitrogens is 1. The zero-order valence-corrected chi connectivity index (χ0v) is 13.3. The van der Waals surface area contributed by atoms with E-state index in [2.05, 4.69) is 0 Å². The van der Waals surface area contributed by atoms with Gasteiger partial charge in [-0.25, -0.2) is 0 Å². The van der Waals surface area contributed by atoms with Gasteiger partial charge in [0.15, 0.2) is 0 Å². The van der Waals surface area contributed by atoms with Gasteiger partial charge >= 0.3 is 0 Å². The summed E-state index contributed by atoms with van der Waals surface area (Å²) in [7, 11) is 1.88. The Kier molecular flexibility index (Phi) is 4.14. The smallest absolute Gasteiger partial charge is 0.270 e. The van der Waals surface area contributed by atoms with Crippen LogP contribution >= 0.6 is 0 Å². The van der Waals surface area contributed by atoms with Crippen molar-refractivity contribution >= 4 is 28.4 Å². The summed E-state index contributed by atoms with van der Waals surface area (Å²) in [5.74, 6) is -0.542. The molecule has 0 unspecified atom stereocenters. The van der Waals surface area contributed by atoms with Gasteiger partial charge in [0.2, 0.25) is 5.78 Å². The number of carbonyl (C=O) groups excluding carboxylic acids is 1. The van der Waals surface area contributed by atoms with Crippen LogP contribution in [-0.4, -0.2) is 15.3 Å². The average Bonchev–Trinajstić information content (AvgIpc) is 2.95. The van der Waals surface area contributed by atoms with Crippen LogP contribution in [0.2, 0.25) is 0 Å². The highest BCUT2D eigenvalue weighted by Gasteiger charge is 2.16. The van der Waals surface area contributed by atoms with Gasteiger partial charge in [0, 0.05) is 47.4 Å². The SMILES string of the molecule is Cn1cc(/C=C(\C#N)C(=O)c2cccc([N+](=O)[O-])c2)c2ccccc21. The second-order valence-electron chi connectivity index (χ2n) is 5.52. The maximum atomic E-state index is 12.6. The fraction of sp³-hybridized carbons (Fsp3) is 0.0526. The van der Waals surface area contributed by atoms with Gasteiger partial charge in [-0.1, -0.05) is 30.3 Å². The van der Waals surface area contributed by atoms with Crippen LogP contribution in [0, 0.1) is 21.4 Å². The summed E-state index contributed by atoms with van der Waals surface area (Å²) >= 11 is 0. The molecule has 3 aromatic rings. The van der Waals surface area contributed by atoms with E-state index in [1.54, 1.807) is 0 Å². The number of non-ortho nitro benzene ring substituents is 1. The minimum Gasteiger partial charge on any atom is -0.350 e. The number of ketones is 1. The van der Waals surface area contributed by atoms with Crippen molar-refractivity contribution in [2.24, 2.45) is 7.05 Å². The molecule has 0 saturated carbocycles. The van der Waals surface area contributed by atoms with Crippen LogP contribution in [0.3, 0.4) is 0 Å². The van der Waals surface area contributed by atoms with Crippen molar-refractivity contribution < 1.29 is 9.72 Å². The van der Waals surface area contributed by atoms with Gasteiger partial charge in [0.05, 0.1) is 4.92 Å². The standard InChI is InChI=1S/C19H13N3O3/c1-21-12-15(17-7-2-3-8-18(17)21)9-14(11-20)19(23)13-5-4-6-16(10-13)22(24)25/h2-10,12H,1H3/b14-9+. The van der Waals surface area contributed by atoms with Crippen molar-refractivity contribution in [3.63, 3.8) is 0 Å². The van der Waals surface area contributed by atoms with Crippen LogP contribution in [0.25, 0.3) is 17.0 Å². The van der Waals surface area contributed by atoms with Crippen molar-refractivity contribution in [3.05, 3.63) is 81.5 Å². The van der Waals surface area contributed by atoms with Gasteiger partial charge < -0.3 is 4.57 Å². The van der Waals surface area contributed by atoms with Crippen molar-refractivity contribution in [1.82, 2.24) is 4.57 Å². The summed E-state index contributed by atoms with van der Waals surface area (Å²) in [5.41, 5.74) is 1.58. The first-order valence-corrected chi connectivity index (χ1v) is 7.46. The molecule has 0 atom stereocenters. The van der Waals surface area contributed by atoms with E-state index in [1.165, 1.54) is 30.3 Å². The van der Waals surface area contributed by atoms with Gasteiger partial charge in [-0.2, -0.15) is 5.26 Å². The third-order valence-electron chi connectivity index (χ3n) is 3.91. The number of rotatable bonds is 4. The number of benzene rings is 2. The first-order valence-electron chi connectivity index (χ1n) is 7.46. The van der Waals surface area contributed by atoms with E-state index < -0.39 is 10.7 Å². The first-order chi connectivity index (χ1) is 12.0. The quantitative estimate of drug-likeness (QED) is 0.239.